The molecule has 0 aliphatic heterocycles. The third-order valence-corrected chi connectivity index (χ3v) is 5.35. The van der Waals surface area contributed by atoms with Crippen LogP contribution in [-0.2, 0) is 0 Å². The van der Waals surface area contributed by atoms with E-state index in [1.54, 1.807) is 0 Å². The molecule has 3 aromatic rings. The van der Waals surface area contributed by atoms with E-state index in [1.807, 2.05) is 12.1 Å². The number of hydrogen-bond acceptors (Lipinski definition) is 2. The largest absolute Gasteiger partial charge is 0.396 e. The summed E-state index contributed by atoms with van der Waals surface area (Å²) in [6, 6.07) is 21.0. The van der Waals surface area contributed by atoms with Gasteiger partial charge in [0.25, 0.3) is 0 Å². The van der Waals surface area contributed by atoms with Crippen molar-refractivity contribution in [3.63, 3.8) is 0 Å². The van der Waals surface area contributed by atoms with E-state index in [-0.39, 0.29) is 25.0 Å². The molecule has 0 fully saturated rings. The minimum atomic E-state index is -0.218. The maximum absolute atomic E-state index is 9.93. The normalized spacial score (nSPS) is 16.3. The first kappa shape index (κ1) is 16.1. The Balaban J connectivity index is 2.03. The summed E-state index contributed by atoms with van der Waals surface area (Å²) in [6.45, 7) is 2.03. The van der Waals surface area contributed by atoms with Gasteiger partial charge in [0.05, 0.1) is 0 Å². The summed E-state index contributed by atoms with van der Waals surface area (Å²) >= 11 is 0. The smallest absolute Gasteiger partial charge is 0.0490 e. The van der Waals surface area contributed by atoms with Gasteiger partial charge in [-0.1, -0.05) is 60.7 Å². The van der Waals surface area contributed by atoms with Crippen LogP contribution in [0.25, 0.3) is 22.4 Å². The van der Waals surface area contributed by atoms with E-state index in [4.69, 9.17) is 0 Å². The molecule has 0 heterocycles. The standard InChI is InChI=1S/C23H22O2/c1-15-6-2-3-10-19(15)21-12-17-9-4-7-16-8-5-11-20(22(16)17)23(21)18(13-24)14-25/h2-12,18,23-25H,13-14H2,1H3. The molecule has 3 aromatic carbocycles. The van der Waals surface area contributed by atoms with Gasteiger partial charge in [-0.2, -0.15) is 0 Å². The van der Waals surface area contributed by atoms with Crippen LogP contribution >= 0.6 is 0 Å². The van der Waals surface area contributed by atoms with Gasteiger partial charge in [0.2, 0.25) is 0 Å². The van der Waals surface area contributed by atoms with Crippen molar-refractivity contribution in [3.8, 4) is 0 Å². The number of aliphatic hydroxyl groups is 2. The van der Waals surface area contributed by atoms with Gasteiger partial charge in [-0.05, 0) is 51.6 Å². The summed E-state index contributed by atoms with van der Waals surface area (Å²) in [5, 5.41) is 22.3. The molecule has 2 heteroatoms. The van der Waals surface area contributed by atoms with Crippen molar-refractivity contribution in [2.75, 3.05) is 13.2 Å². The molecule has 0 bridgehead atoms. The molecule has 0 radical (unpaired) electrons. The molecule has 0 saturated carbocycles. The number of rotatable bonds is 4. The Kier molecular flexibility index (Phi) is 4.16. The highest BCUT2D eigenvalue weighted by Gasteiger charge is 2.31. The fourth-order valence-corrected chi connectivity index (χ4v) is 4.12. The Hall–Kier alpha value is -2.42. The van der Waals surface area contributed by atoms with Crippen LogP contribution in [0, 0.1) is 12.8 Å². The fraction of sp³-hybridized carbons (Fsp3) is 0.217. The van der Waals surface area contributed by atoms with Crippen molar-refractivity contribution in [1.82, 2.24) is 0 Å². The molecule has 0 aromatic heterocycles. The third kappa shape index (κ3) is 2.58. The van der Waals surface area contributed by atoms with Crippen molar-refractivity contribution < 1.29 is 10.2 Å². The molecule has 0 amide bonds. The maximum atomic E-state index is 9.93. The zero-order valence-corrected chi connectivity index (χ0v) is 14.3. The molecule has 1 aliphatic rings. The second kappa shape index (κ2) is 6.47. The summed E-state index contributed by atoms with van der Waals surface area (Å²) in [4.78, 5) is 0. The van der Waals surface area contributed by atoms with E-state index in [9.17, 15) is 10.2 Å². The molecule has 1 atom stereocenters. The van der Waals surface area contributed by atoms with Gasteiger partial charge < -0.3 is 10.2 Å². The van der Waals surface area contributed by atoms with Crippen molar-refractivity contribution >= 4 is 22.4 Å². The van der Waals surface area contributed by atoms with Gasteiger partial charge >= 0.3 is 0 Å². The minimum absolute atomic E-state index is 0.0188. The molecule has 25 heavy (non-hydrogen) atoms. The first-order valence-electron chi connectivity index (χ1n) is 8.75. The average Bonchev–Trinajstić information content (AvgIpc) is 2.65. The van der Waals surface area contributed by atoms with E-state index in [2.05, 4.69) is 61.5 Å². The van der Waals surface area contributed by atoms with E-state index in [0.29, 0.717) is 0 Å². The summed E-state index contributed by atoms with van der Waals surface area (Å²) < 4.78 is 0. The monoisotopic (exact) mass is 330 g/mol. The second-order valence-electron chi connectivity index (χ2n) is 6.81. The highest BCUT2D eigenvalue weighted by molar-refractivity contribution is 6.03. The van der Waals surface area contributed by atoms with Gasteiger partial charge in [0.1, 0.15) is 0 Å². The van der Waals surface area contributed by atoms with Crippen LogP contribution in [0.1, 0.15) is 28.2 Å². The molecule has 0 spiro atoms. The van der Waals surface area contributed by atoms with Crippen LogP contribution in [0.2, 0.25) is 0 Å². The van der Waals surface area contributed by atoms with Crippen LogP contribution in [0.15, 0.2) is 60.7 Å². The zero-order valence-electron chi connectivity index (χ0n) is 14.3. The topological polar surface area (TPSA) is 40.5 Å². The lowest BCUT2D eigenvalue weighted by Crippen LogP contribution is -2.24. The Morgan fingerprint density at radius 3 is 2.32 bits per heavy atom. The Bertz CT molecular complexity index is 946. The third-order valence-electron chi connectivity index (χ3n) is 5.35. The minimum Gasteiger partial charge on any atom is -0.396 e. The van der Waals surface area contributed by atoms with Crippen LogP contribution in [-0.4, -0.2) is 23.4 Å². The summed E-state index contributed by atoms with van der Waals surface area (Å²) in [7, 11) is 0. The van der Waals surface area contributed by atoms with Crippen molar-refractivity contribution in [2.24, 2.45) is 5.92 Å². The van der Waals surface area contributed by atoms with Crippen molar-refractivity contribution in [3.05, 3.63) is 82.9 Å². The van der Waals surface area contributed by atoms with E-state index in [1.165, 1.54) is 38.6 Å². The van der Waals surface area contributed by atoms with Crippen LogP contribution in [0.5, 0.6) is 0 Å². The molecule has 1 aliphatic carbocycles. The quantitative estimate of drug-likeness (QED) is 0.745. The first-order valence-corrected chi connectivity index (χ1v) is 8.75. The lowest BCUT2D eigenvalue weighted by atomic mass is 9.72. The second-order valence-corrected chi connectivity index (χ2v) is 6.81. The number of allylic oxidation sites excluding steroid dienone is 1. The molecule has 126 valence electrons. The highest BCUT2D eigenvalue weighted by Crippen LogP contribution is 2.47. The van der Waals surface area contributed by atoms with Gasteiger partial charge in [0.15, 0.2) is 0 Å². The zero-order chi connectivity index (χ0) is 17.4. The molecule has 2 N–H and O–H groups in total. The van der Waals surface area contributed by atoms with Gasteiger partial charge in [-0.25, -0.2) is 0 Å². The molecule has 2 nitrogen and oxygen atoms in total. The van der Waals surface area contributed by atoms with Gasteiger partial charge in [0, 0.05) is 25.0 Å². The van der Waals surface area contributed by atoms with Gasteiger partial charge in [-0.15, -0.1) is 0 Å². The van der Waals surface area contributed by atoms with E-state index < -0.39 is 0 Å². The predicted octanol–water partition coefficient (Wildman–Crippen LogP) is 4.39. The van der Waals surface area contributed by atoms with Crippen LogP contribution < -0.4 is 0 Å². The van der Waals surface area contributed by atoms with E-state index >= 15 is 0 Å². The fourth-order valence-electron chi connectivity index (χ4n) is 4.12. The SMILES string of the molecule is Cc1ccccc1C1=Cc2cccc3cccc(c23)C1C(CO)CO. The number of hydrogen-bond donors (Lipinski definition) is 2. The number of benzene rings is 3. The highest BCUT2D eigenvalue weighted by atomic mass is 16.3. The van der Waals surface area contributed by atoms with Crippen molar-refractivity contribution in [1.29, 1.82) is 0 Å². The van der Waals surface area contributed by atoms with Crippen molar-refractivity contribution in [2.45, 2.75) is 12.8 Å². The molecular formula is C23H22O2. The Labute approximate surface area is 148 Å². The maximum Gasteiger partial charge on any atom is 0.0490 e. The summed E-state index contributed by atoms with van der Waals surface area (Å²) in [5.74, 6) is -0.237. The Morgan fingerprint density at radius 2 is 1.60 bits per heavy atom. The van der Waals surface area contributed by atoms with Gasteiger partial charge in [-0.3, -0.25) is 0 Å². The van der Waals surface area contributed by atoms with Crippen LogP contribution in [0.3, 0.4) is 0 Å². The Morgan fingerprint density at radius 1 is 0.880 bits per heavy atom. The molecule has 1 unspecified atom stereocenters. The first-order chi connectivity index (χ1) is 12.2. The summed E-state index contributed by atoms with van der Waals surface area (Å²) in [6.07, 6.45) is 2.24. The lowest BCUT2D eigenvalue weighted by molar-refractivity contribution is 0.142. The number of aliphatic hydroxyl groups excluding tert-OH is 2. The van der Waals surface area contributed by atoms with Crippen LogP contribution in [0.4, 0.5) is 0 Å². The molecular weight excluding hydrogens is 308 g/mol. The predicted molar refractivity (Wildman–Crippen MR) is 103 cm³/mol. The molecule has 0 saturated heterocycles. The number of aryl methyl sites for hydroxylation is 1. The summed E-state index contributed by atoms with van der Waals surface area (Å²) in [5.41, 5.74) is 5.97. The van der Waals surface area contributed by atoms with E-state index in [0.717, 1.165) is 0 Å². The molecule has 4 rings (SSSR count). The average molecular weight is 330 g/mol. The lowest BCUT2D eigenvalue weighted by Gasteiger charge is -2.33.